The van der Waals surface area contributed by atoms with E-state index in [9.17, 15) is 14.7 Å². The molecule has 3 aliphatic carbocycles. The van der Waals surface area contributed by atoms with Gasteiger partial charge in [0.2, 0.25) is 0 Å². The molecule has 0 unspecified atom stereocenters. The maximum atomic E-state index is 12.2. The Kier molecular flexibility index (Phi) is 5.48. The lowest BCUT2D eigenvalue weighted by Crippen LogP contribution is -2.75. The average molecular weight is 444 g/mol. The van der Waals surface area contributed by atoms with Crippen LogP contribution >= 0.6 is 0 Å². The summed E-state index contributed by atoms with van der Waals surface area (Å²) in [5.41, 5.74) is 1.51. The van der Waals surface area contributed by atoms with E-state index >= 15 is 0 Å². The number of nitrogens with one attached hydrogen (secondary N) is 1. The zero-order valence-corrected chi connectivity index (χ0v) is 19.5. The van der Waals surface area contributed by atoms with E-state index in [0.29, 0.717) is 18.5 Å². The summed E-state index contributed by atoms with van der Waals surface area (Å²) >= 11 is 0. The molecule has 5 rings (SSSR count). The van der Waals surface area contributed by atoms with Crippen LogP contribution in [0.3, 0.4) is 0 Å². The number of rotatable bonds is 7. The fourth-order valence-corrected chi connectivity index (χ4v) is 5.27. The highest BCUT2D eigenvalue weighted by Crippen LogP contribution is 2.68. The van der Waals surface area contributed by atoms with Gasteiger partial charge in [0.05, 0.1) is 36.4 Å². The van der Waals surface area contributed by atoms with Gasteiger partial charge >= 0.3 is 12.1 Å². The zero-order valence-electron chi connectivity index (χ0n) is 19.5. The van der Waals surface area contributed by atoms with Crippen LogP contribution in [0.15, 0.2) is 18.2 Å². The summed E-state index contributed by atoms with van der Waals surface area (Å²) in [5, 5.41) is 13.4. The van der Waals surface area contributed by atoms with Gasteiger partial charge in [-0.05, 0) is 70.1 Å². The summed E-state index contributed by atoms with van der Waals surface area (Å²) in [6, 6.07) is 5.33. The summed E-state index contributed by atoms with van der Waals surface area (Å²) in [6.07, 6.45) is 3.22. The minimum absolute atomic E-state index is 0.108. The van der Waals surface area contributed by atoms with E-state index in [-0.39, 0.29) is 17.0 Å². The molecule has 3 aliphatic rings. The molecule has 174 valence electrons. The van der Waals surface area contributed by atoms with Gasteiger partial charge in [0.1, 0.15) is 11.4 Å². The smallest absolute Gasteiger partial charge is 0.408 e. The molecular weight excluding hydrogens is 410 g/mol. The van der Waals surface area contributed by atoms with Crippen molar-refractivity contribution < 1.29 is 24.2 Å². The molecule has 0 radical (unpaired) electrons. The molecule has 1 amide bonds. The van der Waals surface area contributed by atoms with Gasteiger partial charge < -0.3 is 24.5 Å². The number of aliphatic hydroxyl groups is 1. The van der Waals surface area contributed by atoms with Crippen LogP contribution in [0.2, 0.25) is 0 Å². The van der Waals surface area contributed by atoms with Crippen molar-refractivity contribution in [3.05, 3.63) is 29.6 Å². The Morgan fingerprint density at radius 1 is 1.28 bits per heavy atom. The van der Waals surface area contributed by atoms with E-state index < -0.39 is 17.7 Å². The number of benzene rings is 1. The Bertz CT molecular complexity index is 1030. The summed E-state index contributed by atoms with van der Waals surface area (Å²) in [7, 11) is 1.36. The van der Waals surface area contributed by atoms with Crippen molar-refractivity contribution in [3.8, 4) is 0 Å². The second kappa shape index (κ2) is 7.76. The Labute approximate surface area is 188 Å². The third kappa shape index (κ3) is 4.20. The number of aliphatic hydroxyl groups excluding tert-OH is 1. The number of hydrogen-bond donors (Lipinski definition) is 2. The first-order valence-corrected chi connectivity index (χ1v) is 11.2. The molecule has 32 heavy (non-hydrogen) atoms. The summed E-state index contributed by atoms with van der Waals surface area (Å²) in [4.78, 5) is 29.0. The van der Waals surface area contributed by atoms with Crippen molar-refractivity contribution in [3.63, 3.8) is 0 Å². The lowest BCUT2D eigenvalue weighted by molar-refractivity contribution is -0.152. The number of carbonyl (C=O) groups excluding carboxylic acids is 2. The molecule has 2 N–H and O–H groups in total. The van der Waals surface area contributed by atoms with Gasteiger partial charge in [-0.3, -0.25) is 0 Å². The van der Waals surface area contributed by atoms with E-state index in [4.69, 9.17) is 14.5 Å². The number of esters is 1. The van der Waals surface area contributed by atoms with E-state index in [2.05, 4.69) is 5.32 Å². The minimum Gasteiger partial charge on any atom is -0.465 e. The molecule has 0 spiro atoms. The number of alkyl carbamates (subject to hydrolysis) is 1. The van der Waals surface area contributed by atoms with Crippen LogP contribution in [0.4, 0.5) is 4.79 Å². The predicted molar refractivity (Wildman–Crippen MR) is 119 cm³/mol. The van der Waals surface area contributed by atoms with Crippen LogP contribution < -0.4 is 5.32 Å². The van der Waals surface area contributed by atoms with E-state index in [0.717, 1.165) is 42.5 Å². The monoisotopic (exact) mass is 443 g/mol. The second-order valence-electron chi connectivity index (χ2n) is 10.5. The second-order valence-corrected chi connectivity index (χ2v) is 10.5. The van der Waals surface area contributed by atoms with Crippen LogP contribution in [0.1, 0.15) is 69.6 Å². The quantitative estimate of drug-likeness (QED) is 0.634. The standard InChI is InChI=1S/C24H33N3O5/c1-6-16(28)11-27-18-9-15(20(29)31-5)7-8-17(18)25-19(27)10-23-12-24(13-23,14-23)26-21(30)32-22(2,3)4/h7-9,16,28H,6,10-14H2,1-5H3,(H,26,30)/t16-,23?,24?/m0/s1. The van der Waals surface area contributed by atoms with Gasteiger partial charge in [-0.2, -0.15) is 0 Å². The van der Waals surface area contributed by atoms with Crippen molar-refractivity contribution in [1.29, 1.82) is 0 Å². The van der Waals surface area contributed by atoms with Gasteiger partial charge in [0.15, 0.2) is 0 Å². The zero-order chi connectivity index (χ0) is 23.3. The SMILES string of the molecule is CC[C@H](O)Cn1c(CC23CC(NC(=O)OC(C)(C)C)(C2)C3)nc2ccc(C(=O)OC)cc21. The molecular formula is C24H33N3O5. The maximum absolute atomic E-state index is 12.2. The fourth-order valence-electron chi connectivity index (χ4n) is 5.27. The Morgan fingerprint density at radius 2 is 1.97 bits per heavy atom. The largest absolute Gasteiger partial charge is 0.465 e. The minimum atomic E-state index is -0.515. The van der Waals surface area contributed by atoms with Gasteiger partial charge in [0, 0.05) is 12.0 Å². The Balaban J connectivity index is 1.52. The number of hydrogen-bond acceptors (Lipinski definition) is 6. The summed E-state index contributed by atoms with van der Waals surface area (Å²) < 4.78 is 12.3. The molecule has 3 saturated carbocycles. The molecule has 1 heterocycles. The number of ether oxygens (including phenoxy) is 2. The van der Waals surface area contributed by atoms with Gasteiger partial charge in [-0.15, -0.1) is 0 Å². The van der Waals surface area contributed by atoms with Crippen molar-refractivity contribution >= 4 is 23.1 Å². The summed E-state index contributed by atoms with van der Waals surface area (Å²) in [5.74, 6) is 0.506. The fraction of sp³-hybridized carbons (Fsp3) is 0.625. The third-order valence-electron chi connectivity index (χ3n) is 6.55. The van der Waals surface area contributed by atoms with Crippen LogP contribution in [0, 0.1) is 5.41 Å². The molecule has 1 aromatic heterocycles. The normalized spacial score (nSPS) is 24.9. The van der Waals surface area contributed by atoms with E-state index in [1.54, 1.807) is 12.1 Å². The highest BCUT2D eigenvalue weighted by atomic mass is 16.6. The van der Waals surface area contributed by atoms with Gasteiger partial charge in [-0.25, -0.2) is 14.6 Å². The number of amides is 1. The number of imidazole rings is 1. The van der Waals surface area contributed by atoms with E-state index in [1.807, 2.05) is 38.3 Å². The lowest BCUT2D eigenvalue weighted by atomic mass is 9.38. The molecule has 2 bridgehead atoms. The average Bonchev–Trinajstić information content (AvgIpc) is 2.99. The Morgan fingerprint density at radius 3 is 2.56 bits per heavy atom. The highest BCUT2D eigenvalue weighted by molar-refractivity contribution is 5.93. The van der Waals surface area contributed by atoms with Gasteiger partial charge in [0.25, 0.3) is 0 Å². The number of carbonyl (C=O) groups is 2. The van der Waals surface area contributed by atoms with Gasteiger partial charge in [-0.1, -0.05) is 6.92 Å². The number of fused-ring (bicyclic) bond motifs is 1. The number of methoxy groups -OCH3 is 1. The summed E-state index contributed by atoms with van der Waals surface area (Å²) in [6.45, 7) is 7.94. The predicted octanol–water partition coefficient (Wildman–Crippen LogP) is 3.58. The van der Waals surface area contributed by atoms with Crippen molar-refractivity contribution in [1.82, 2.24) is 14.9 Å². The first-order valence-electron chi connectivity index (χ1n) is 11.2. The number of nitrogens with zero attached hydrogens (tertiary/aromatic N) is 2. The first-order chi connectivity index (χ1) is 15.0. The van der Waals surface area contributed by atoms with Crippen LogP contribution in [0.5, 0.6) is 0 Å². The lowest BCUT2D eigenvalue weighted by Gasteiger charge is -2.70. The molecule has 1 aromatic carbocycles. The van der Waals surface area contributed by atoms with Crippen molar-refractivity contribution in [2.24, 2.45) is 5.41 Å². The molecule has 0 saturated heterocycles. The molecule has 3 fully saturated rings. The molecule has 0 aliphatic heterocycles. The maximum Gasteiger partial charge on any atom is 0.408 e. The molecule has 8 nitrogen and oxygen atoms in total. The van der Waals surface area contributed by atoms with Crippen molar-refractivity contribution in [2.45, 2.75) is 83.6 Å². The van der Waals surface area contributed by atoms with Crippen LogP contribution in [0.25, 0.3) is 11.0 Å². The molecule has 2 aromatic rings. The van der Waals surface area contributed by atoms with Crippen LogP contribution in [-0.2, 0) is 22.4 Å². The highest BCUT2D eigenvalue weighted by Gasteiger charge is 2.68. The third-order valence-corrected chi connectivity index (χ3v) is 6.55. The number of aromatic nitrogens is 2. The van der Waals surface area contributed by atoms with E-state index in [1.165, 1.54) is 7.11 Å². The van der Waals surface area contributed by atoms with Crippen LogP contribution in [-0.4, -0.2) is 51.1 Å². The first kappa shape index (κ1) is 22.6. The topological polar surface area (TPSA) is 103 Å². The Hall–Kier alpha value is -2.61. The molecule has 1 atom stereocenters. The molecule has 8 heteroatoms. The van der Waals surface area contributed by atoms with Crippen molar-refractivity contribution in [2.75, 3.05) is 7.11 Å².